The molecule has 0 bridgehead atoms. The van der Waals surface area contributed by atoms with Gasteiger partial charge in [0.1, 0.15) is 0 Å². The number of rotatable bonds is 7. The van der Waals surface area contributed by atoms with Crippen LogP contribution in [0.5, 0.6) is 0 Å². The highest BCUT2D eigenvalue weighted by molar-refractivity contribution is 6.18. The van der Waals surface area contributed by atoms with E-state index in [1.54, 1.807) is 0 Å². The van der Waals surface area contributed by atoms with Gasteiger partial charge in [-0.15, -0.1) is 0 Å². The number of para-hydroxylation sites is 4. The van der Waals surface area contributed by atoms with Crippen LogP contribution in [0, 0.1) is 0 Å². The molecule has 12 aromatic rings. The van der Waals surface area contributed by atoms with Gasteiger partial charge in [-0.25, -0.2) is 15.0 Å². The quantitative estimate of drug-likeness (QED) is 0.162. The normalized spacial score (nSPS) is 11.5. The van der Waals surface area contributed by atoms with E-state index in [4.69, 9.17) is 15.0 Å². The molecule has 0 N–H and O–H groups in total. The lowest BCUT2D eigenvalue weighted by atomic mass is 9.99. The summed E-state index contributed by atoms with van der Waals surface area (Å²) >= 11 is 0. The summed E-state index contributed by atoms with van der Waals surface area (Å²) in [4.78, 5) is 15.1. The number of hydrogen-bond donors (Lipinski definition) is 0. The van der Waals surface area contributed by atoms with Gasteiger partial charge < -0.3 is 9.13 Å². The zero-order valence-corrected chi connectivity index (χ0v) is 33.6. The fraction of sp³-hybridized carbons (Fsp3) is 0. The predicted octanol–water partition coefficient (Wildman–Crippen LogP) is 14.4. The number of benzene rings is 9. The fourth-order valence-electron chi connectivity index (χ4n) is 9.15. The summed E-state index contributed by atoms with van der Waals surface area (Å²) < 4.78 is 4.92. The summed E-state index contributed by atoms with van der Waals surface area (Å²) in [5.41, 5.74) is 14.2. The van der Waals surface area contributed by atoms with Gasteiger partial charge >= 0.3 is 0 Å². The Balaban J connectivity index is 1.10. The molecule has 9 aromatic carbocycles. The minimum absolute atomic E-state index is 0.624. The zero-order valence-electron chi connectivity index (χ0n) is 33.6. The maximum Gasteiger partial charge on any atom is 0.164 e. The van der Waals surface area contributed by atoms with Crippen molar-refractivity contribution in [2.45, 2.75) is 0 Å². The smallest absolute Gasteiger partial charge is 0.164 e. The molecule has 3 aromatic heterocycles. The first-order valence-corrected chi connectivity index (χ1v) is 21.0. The second-order valence-electron chi connectivity index (χ2n) is 15.6. The standard InChI is InChI=1S/C57H37N5/c1-5-18-38(19-6-1)41-34-35-51-49(37-41)46-28-13-14-32-50(46)62(51)52-33-17-31-48-47-30-16-29-45(53(47)61(54(48)52)44-26-11-4-12-27-44)42-24-15-25-43(36-42)57-59-55(39-20-7-2-8-21-39)58-56(60-57)40-22-9-3-10-23-40/h1-37H. The molecule has 0 saturated carbocycles. The third-order valence-corrected chi connectivity index (χ3v) is 12.0. The number of nitrogens with zero attached hydrogens (tertiary/aromatic N) is 5. The highest BCUT2D eigenvalue weighted by Gasteiger charge is 2.23. The molecule has 62 heavy (non-hydrogen) atoms. The average molecular weight is 792 g/mol. The van der Waals surface area contributed by atoms with Crippen molar-refractivity contribution in [2.24, 2.45) is 0 Å². The van der Waals surface area contributed by atoms with Crippen LogP contribution in [-0.4, -0.2) is 24.1 Å². The van der Waals surface area contributed by atoms with E-state index >= 15 is 0 Å². The maximum absolute atomic E-state index is 5.08. The molecule has 290 valence electrons. The van der Waals surface area contributed by atoms with Crippen molar-refractivity contribution in [1.29, 1.82) is 0 Å². The van der Waals surface area contributed by atoms with Crippen LogP contribution in [0.3, 0.4) is 0 Å². The molecule has 5 nitrogen and oxygen atoms in total. The Morgan fingerprint density at radius 2 is 0.774 bits per heavy atom. The van der Waals surface area contributed by atoms with Crippen molar-refractivity contribution in [1.82, 2.24) is 24.1 Å². The van der Waals surface area contributed by atoms with Gasteiger partial charge in [-0.05, 0) is 59.2 Å². The van der Waals surface area contributed by atoms with Crippen molar-refractivity contribution in [2.75, 3.05) is 0 Å². The first-order chi connectivity index (χ1) is 30.8. The first-order valence-electron chi connectivity index (χ1n) is 21.0. The average Bonchev–Trinajstić information content (AvgIpc) is 3.88. The summed E-state index contributed by atoms with van der Waals surface area (Å²) in [5, 5.41) is 4.81. The minimum atomic E-state index is 0.624. The van der Waals surface area contributed by atoms with Crippen molar-refractivity contribution >= 4 is 43.6 Å². The SMILES string of the molecule is c1ccc(-c2ccc3c(c2)c2ccccc2n3-c2cccc3c4cccc(-c5cccc(-c6nc(-c7ccccc7)nc(-c7ccccc7)n6)c5)c4n(-c4ccccc4)c23)cc1. The Labute approximate surface area is 358 Å². The summed E-state index contributed by atoms with van der Waals surface area (Å²) in [6.45, 7) is 0. The van der Waals surface area contributed by atoms with E-state index in [2.05, 4.69) is 173 Å². The van der Waals surface area contributed by atoms with Gasteiger partial charge in [0.05, 0.1) is 27.8 Å². The van der Waals surface area contributed by atoms with Gasteiger partial charge in [0, 0.05) is 49.5 Å². The largest absolute Gasteiger partial charge is 0.307 e. The van der Waals surface area contributed by atoms with Gasteiger partial charge in [-0.2, -0.15) is 0 Å². The van der Waals surface area contributed by atoms with Gasteiger partial charge in [-0.3, -0.25) is 0 Å². The third-order valence-electron chi connectivity index (χ3n) is 12.0. The summed E-state index contributed by atoms with van der Waals surface area (Å²) in [6.07, 6.45) is 0. The van der Waals surface area contributed by atoms with E-state index in [1.165, 1.54) is 43.7 Å². The highest BCUT2D eigenvalue weighted by atomic mass is 15.1. The van der Waals surface area contributed by atoms with Crippen LogP contribution in [0.25, 0.3) is 111 Å². The van der Waals surface area contributed by atoms with Crippen LogP contribution < -0.4 is 0 Å². The summed E-state index contributed by atoms with van der Waals surface area (Å²) in [7, 11) is 0. The van der Waals surface area contributed by atoms with E-state index in [1.807, 2.05) is 60.7 Å². The third kappa shape index (κ3) is 5.90. The lowest BCUT2D eigenvalue weighted by molar-refractivity contribution is 1.07. The molecule has 5 heteroatoms. The van der Waals surface area contributed by atoms with Gasteiger partial charge in [-0.1, -0.05) is 182 Å². The molecule has 0 atom stereocenters. The topological polar surface area (TPSA) is 48.5 Å². The molecule has 0 aliphatic carbocycles. The highest BCUT2D eigenvalue weighted by Crippen LogP contribution is 2.43. The molecular formula is C57H37N5. The summed E-state index contributed by atoms with van der Waals surface area (Å²) in [6, 6.07) is 79.4. The van der Waals surface area contributed by atoms with Gasteiger partial charge in [0.2, 0.25) is 0 Å². The molecule has 0 spiro atoms. The molecule has 0 aliphatic heterocycles. The van der Waals surface area contributed by atoms with E-state index in [0.29, 0.717) is 17.5 Å². The fourth-order valence-corrected chi connectivity index (χ4v) is 9.15. The number of fused-ring (bicyclic) bond motifs is 6. The number of hydrogen-bond acceptors (Lipinski definition) is 3. The summed E-state index contributed by atoms with van der Waals surface area (Å²) in [5.74, 6) is 1.90. The predicted molar refractivity (Wildman–Crippen MR) is 256 cm³/mol. The Kier molecular flexibility index (Phi) is 8.42. The first kappa shape index (κ1) is 35.5. The Morgan fingerprint density at radius 1 is 0.274 bits per heavy atom. The molecule has 3 heterocycles. The Bertz CT molecular complexity index is 3550. The van der Waals surface area contributed by atoms with Crippen LogP contribution in [0.4, 0.5) is 0 Å². The maximum atomic E-state index is 5.08. The van der Waals surface area contributed by atoms with E-state index in [-0.39, 0.29) is 0 Å². The second kappa shape index (κ2) is 14.7. The van der Waals surface area contributed by atoms with Crippen LogP contribution >= 0.6 is 0 Å². The zero-order chi connectivity index (χ0) is 41.0. The van der Waals surface area contributed by atoms with Crippen molar-refractivity contribution in [3.05, 3.63) is 224 Å². The van der Waals surface area contributed by atoms with Crippen LogP contribution in [0.1, 0.15) is 0 Å². The number of aromatic nitrogens is 5. The molecule has 0 fully saturated rings. The lowest BCUT2D eigenvalue weighted by Gasteiger charge is -2.16. The Hall–Kier alpha value is -8.41. The van der Waals surface area contributed by atoms with Crippen LogP contribution in [0.15, 0.2) is 224 Å². The van der Waals surface area contributed by atoms with Crippen LogP contribution in [-0.2, 0) is 0 Å². The van der Waals surface area contributed by atoms with Crippen LogP contribution in [0.2, 0.25) is 0 Å². The molecule has 0 saturated heterocycles. The van der Waals surface area contributed by atoms with E-state index in [0.717, 1.165) is 50.2 Å². The van der Waals surface area contributed by atoms with Gasteiger partial charge in [0.15, 0.2) is 17.5 Å². The minimum Gasteiger partial charge on any atom is -0.307 e. The molecule has 0 aliphatic rings. The lowest BCUT2D eigenvalue weighted by Crippen LogP contribution is -2.01. The van der Waals surface area contributed by atoms with Crippen molar-refractivity contribution < 1.29 is 0 Å². The molecule has 0 unspecified atom stereocenters. The Morgan fingerprint density at radius 3 is 1.47 bits per heavy atom. The molecule has 12 rings (SSSR count). The molecular weight excluding hydrogens is 755 g/mol. The van der Waals surface area contributed by atoms with Gasteiger partial charge in [0.25, 0.3) is 0 Å². The van der Waals surface area contributed by atoms with E-state index < -0.39 is 0 Å². The molecule has 0 radical (unpaired) electrons. The monoisotopic (exact) mass is 791 g/mol. The van der Waals surface area contributed by atoms with Crippen molar-refractivity contribution in [3.8, 4) is 67.8 Å². The molecule has 0 amide bonds. The van der Waals surface area contributed by atoms with E-state index in [9.17, 15) is 0 Å². The van der Waals surface area contributed by atoms with Crippen molar-refractivity contribution in [3.63, 3.8) is 0 Å². The second-order valence-corrected chi connectivity index (χ2v) is 15.6.